The standard InChI is InChI=1S/C29H34BrN3O5S/c1-5-27(29(35)31-6-2)32(19-22-9-15-25(38-4)16-10-22)28(34)20-33(24-13-11-23(30)12-14-24)39(36,37)26-17-7-21(3)8-18-26/h7-18,27H,5-6,19-20H2,1-4H3,(H,31,35). The molecule has 0 saturated heterocycles. The number of halogens is 1. The fourth-order valence-electron chi connectivity index (χ4n) is 4.11. The topological polar surface area (TPSA) is 96.0 Å². The van der Waals surface area contributed by atoms with E-state index in [4.69, 9.17) is 4.74 Å². The zero-order valence-corrected chi connectivity index (χ0v) is 25.0. The van der Waals surface area contributed by atoms with Gasteiger partial charge in [-0.25, -0.2) is 8.42 Å². The number of benzene rings is 3. The Bertz CT molecular complexity index is 1360. The van der Waals surface area contributed by atoms with Crippen LogP contribution >= 0.6 is 15.9 Å². The van der Waals surface area contributed by atoms with Gasteiger partial charge in [0.2, 0.25) is 11.8 Å². The molecule has 1 unspecified atom stereocenters. The van der Waals surface area contributed by atoms with Crippen molar-refractivity contribution in [2.75, 3.05) is 24.5 Å². The highest BCUT2D eigenvalue weighted by Gasteiger charge is 2.33. The van der Waals surface area contributed by atoms with Gasteiger partial charge in [-0.15, -0.1) is 0 Å². The maximum atomic E-state index is 14.0. The number of hydrogen-bond donors (Lipinski definition) is 1. The second kappa shape index (κ2) is 13.6. The Morgan fingerprint density at radius 2 is 1.56 bits per heavy atom. The van der Waals surface area contributed by atoms with E-state index in [1.54, 1.807) is 55.6 Å². The number of anilines is 1. The number of amides is 2. The number of ether oxygens (including phenoxy) is 1. The van der Waals surface area contributed by atoms with Gasteiger partial charge in [-0.1, -0.05) is 52.7 Å². The lowest BCUT2D eigenvalue weighted by molar-refractivity contribution is -0.140. The molecule has 208 valence electrons. The Hall–Kier alpha value is -3.37. The first-order valence-corrected chi connectivity index (χ1v) is 14.9. The van der Waals surface area contributed by atoms with E-state index in [-0.39, 0.29) is 17.3 Å². The molecule has 1 atom stereocenters. The van der Waals surface area contributed by atoms with Crippen LogP contribution in [0.2, 0.25) is 0 Å². The van der Waals surface area contributed by atoms with Crippen LogP contribution in [-0.2, 0) is 26.2 Å². The van der Waals surface area contributed by atoms with Gasteiger partial charge >= 0.3 is 0 Å². The molecule has 0 aromatic heterocycles. The highest BCUT2D eigenvalue weighted by Crippen LogP contribution is 2.26. The first kappa shape index (κ1) is 30.2. The number of nitrogens with zero attached hydrogens (tertiary/aromatic N) is 2. The maximum absolute atomic E-state index is 14.0. The minimum atomic E-state index is -4.10. The SMILES string of the molecule is CCNC(=O)C(CC)N(Cc1ccc(OC)cc1)C(=O)CN(c1ccc(Br)cc1)S(=O)(=O)c1ccc(C)cc1. The quantitative estimate of drug-likeness (QED) is 0.312. The molecule has 0 saturated carbocycles. The molecule has 1 N–H and O–H groups in total. The summed E-state index contributed by atoms with van der Waals surface area (Å²) in [6, 6.07) is 19.6. The number of hydrogen-bond acceptors (Lipinski definition) is 5. The summed E-state index contributed by atoms with van der Waals surface area (Å²) < 4.78 is 34.8. The maximum Gasteiger partial charge on any atom is 0.264 e. The molecule has 0 aliphatic heterocycles. The summed E-state index contributed by atoms with van der Waals surface area (Å²) in [6.45, 7) is 5.55. The third-order valence-corrected chi connectivity index (χ3v) is 8.57. The van der Waals surface area contributed by atoms with Gasteiger partial charge in [0.05, 0.1) is 17.7 Å². The van der Waals surface area contributed by atoms with E-state index in [0.29, 0.717) is 24.4 Å². The fraction of sp³-hybridized carbons (Fsp3) is 0.310. The molecule has 0 spiro atoms. The van der Waals surface area contributed by atoms with Crippen molar-refractivity contribution in [2.24, 2.45) is 0 Å². The van der Waals surface area contributed by atoms with Gasteiger partial charge in [-0.2, -0.15) is 0 Å². The van der Waals surface area contributed by atoms with Crippen molar-refractivity contribution < 1.29 is 22.7 Å². The Labute approximate surface area is 239 Å². The highest BCUT2D eigenvalue weighted by molar-refractivity contribution is 9.10. The average Bonchev–Trinajstić information content (AvgIpc) is 2.92. The summed E-state index contributed by atoms with van der Waals surface area (Å²) in [5, 5.41) is 2.80. The molecule has 3 aromatic rings. The van der Waals surface area contributed by atoms with Gasteiger partial charge in [-0.3, -0.25) is 13.9 Å². The van der Waals surface area contributed by atoms with Gasteiger partial charge < -0.3 is 15.0 Å². The lowest BCUT2D eigenvalue weighted by Crippen LogP contribution is -2.52. The normalized spacial score (nSPS) is 11.9. The summed E-state index contributed by atoms with van der Waals surface area (Å²) in [7, 11) is -2.54. The molecule has 3 rings (SSSR count). The predicted molar refractivity (Wildman–Crippen MR) is 156 cm³/mol. The molecule has 0 heterocycles. The summed E-state index contributed by atoms with van der Waals surface area (Å²) in [6.07, 6.45) is 0.358. The van der Waals surface area contributed by atoms with Gasteiger partial charge in [0, 0.05) is 17.6 Å². The van der Waals surface area contributed by atoms with Crippen molar-refractivity contribution in [3.63, 3.8) is 0 Å². The highest BCUT2D eigenvalue weighted by atomic mass is 79.9. The van der Waals surface area contributed by atoms with Gasteiger partial charge in [0.1, 0.15) is 18.3 Å². The Kier molecular flexibility index (Phi) is 10.5. The van der Waals surface area contributed by atoms with Crippen LogP contribution in [0.3, 0.4) is 0 Å². The van der Waals surface area contributed by atoms with E-state index in [2.05, 4.69) is 21.2 Å². The number of nitrogens with one attached hydrogen (secondary N) is 1. The third kappa shape index (κ3) is 7.60. The molecule has 8 nitrogen and oxygen atoms in total. The van der Waals surface area contributed by atoms with Gasteiger partial charge in [-0.05, 0) is 74.4 Å². The first-order chi connectivity index (χ1) is 18.6. The third-order valence-electron chi connectivity index (χ3n) is 6.25. The van der Waals surface area contributed by atoms with E-state index >= 15 is 0 Å². The molecule has 0 radical (unpaired) electrons. The predicted octanol–water partition coefficient (Wildman–Crippen LogP) is 4.90. The van der Waals surface area contributed by atoms with E-state index < -0.39 is 28.5 Å². The number of methoxy groups -OCH3 is 1. The number of carbonyl (C=O) groups is 2. The summed E-state index contributed by atoms with van der Waals surface area (Å²) in [5.74, 6) is -0.126. The van der Waals surface area contributed by atoms with Crippen LogP contribution in [0, 0.1) is 6.92 Å². The van der Waals surface area contributed by atoms with E-state index in [0.717, 1.165) is 19.9 Å². The minimum absolute atomic E-state index is 0.0706. The van der Waals surface area contributed by atoms with E-state index in [1.165, 1.54) is 17.0 Å². The second-order valence-corrected chi connectivity index (χ2v) is 11.8. The largest absolute Gasteiger partial charge is 0.497 e. The van der Waals surface area contributed by atoms with Crippen LogP contribution in [0.25, 0.3) is 0 Å². The molecular weight excluding hydrogens is 582 g/mol. The van der Waals surface area contributed by atoms with Crippen molar-refractivity contribution in [1.82, 2.24) is 10.2 Å². The molecule has 0 aliphatic rings. The van der Waals surface area contributed by atoms with Crippen molar-refractivity contribution in [2.45, 2.75) is 44.7 Å². The van der Waals surface area contributed by atoms with Crippen LogP contribution in [0.4, 0.5) is 5.69 Å². The smallest absolute Gasteiger partial charge is 0.264 e. The Morgan fingerprint density at radius 3 is 2.10 bits per heavy atom. The number of aryl methyl sites for hydroxylation is 1. The van der Waals surface area contributed by atoms with Crippen molar-refractivity contribution in [3.05, 3.63) is 88.4 Å². The number of carbonyl (C=O) groups excluding carboxylic acids is 2. The number of likely N-dealkylation sites (N-methyl/N-ethyl adjacent to an activating group) is 1. The fourth-order valence-corrected chi connectivity index (χ4v) is 5.79. The number of rotatable bonds is 12. The summed E-state index contributed by atoms with van der Waals surface area (Å²) >= 11 is 3.38. The minimum Gasteiger partial charge on any atom is -0.497 e. The molecule has 0 bridgehead atoms. The lowest BCUT2D eigenvalue weighted by Gasteiger charge is -2.33. The Morgan fingerprint density at radius 1 is 0.949 bits per heavy atom. The van der Waals surface area contributed by atoms with Crippen molar-refractivity contribution in [1.29, 1.82) is 0 Å². The lowest BCUT2D eigenvalue weighted by atomic mass is 10.1. The summed E-state index contributed by atoms with van der Waals surface area (Å²) in [5.41, 5.74) is 2.03. The van der Waals surface area contributed by atoms with E-state index in [1.807, 2.05) is 32.9 Å². The van der Waals surface area contributed by atoms with Crippen LogP contribution in [-0.4, -0.2) is 51.4 Å². The zero-order chi connectivity index (χ0) is 28.6. The van der Waals surface area contributed by atoms with Crippen LogP contribution in [0.15, 0.2) is 82.2 Å². The zero-order valence-electron chi connectivity index (χ0n) is 22.6. The Balaban J connectivity index is 2.04. The first-order valence-electron chi connectivity index (χ1n) is 12.7. The molecule has 10 heteroatoms. The molecular formula is C29H34BrN3O5S. The van der Waals surface area contributed by atoms with Crippen LogP contribution < -0.4 is 14.4 Å². The van der Waals surface area contributed by atoms with Gasteiger partial charge in [0.25, 0.3) is 10.0 Å². The molecule has 3 aromatic carbocycles. The molecule has 0 fully saturated rings. The number of sulfonamides is 1. The summed E-state index contributed by atoms with van der Waals surface area (Å²) in [4.78, 5) is 28.5. The average molecular weight is 617 g/mol. The van der Waals surface area contributed by atoms with Crippen molar-refractivity contribution in [3.8, 4) is 5.75 Å². The molecule has 0 aliphatic carbocycles. The van der Waals surface area contributed by atoms with Crippen LogP contribution in [0.1, 0.15) is 31.4 Å². The molecule has 39 heavy (non-hydrogen) atoms. The molecule has 2 amide bonds. The van der Waals surface area contributed by atoms with Crippen molar-refractivity contribution >= 4 is 43.5 Å². The van der Waals surface area contributed by atoms with Gasteiger partial charge in [0.15, 0.2) is 0 Å². The monoisotopic (exact) mass is 615 g/mol. The van der Waals surface area contributed by atoms with Crippen LogP contribution in [0.5, 0.6) is 5.75 Å². The second-order valence-electron chi connectivity index (χ2n) is 8.99. The van der Waals surface area contributed by atoms with E-state index in [9.17, 15) is 18.0 Å².